The minimum Gasteiger partial charge on any atom is -0.480 e. The second kappa shape index (κ2) is 15.0. The number of aliphatic hydroxyl groups is 2. The summed E-state index contributed by atoms with van der Waals surface area (Å²) in [5.74, 6) is -3.99. The normalized spacial score (nSPS) is 15.5. The number of carbonyl (C=O) groups is 4. The van der Waals surface area contributed by atoms with Crippen LogP contribution in [0.1, 0.15) is 40.0 Å². The Balaban J connectivity index is 5.22. The third-order valence-corrected chi connectivity index (χ3v) is 4.50. The molecular formula is C19H37N7O7. The van der Waals surface area contributed by atoms with Crippen molar-refractivity contribution in [1.82, 2.24) is 16.0 Å². The van der Waals surface area contributed by atoms with E-state index in [4.69, 9.17) is 27.4 Å². The lowest BCUT2D eigenvalue weighted by Gasteiger charge is -2.27. The van der Waals surface area contributed by atoms with Gasteiger partial charge in [-0.3, -0.25) is 19.4 Å². The van der Waals surface area contributed by atoms with E-state index in [9.17, 15) is 24.3 Å². The molecule has 190 valence electrons. The molecule has 0 aromatic rings. The van der Waals surface area contributed by atoms with E-state index in [1.165, 1.54) is 6.92 Å². The van der Waals surface area contributed by atoms with Gasteiger partial charge in [-0.15, -0.1) is 0 Å². The summed E-state index contributed by atoms with van der Waals surface area (Å²) in [5.41, 5.74) is 16.3. The van der Waals surface area contributed by atoms with Crippen molar-refractivity contribution < 1.29 is 34.5 Å². The quantitative estimate of drug-likeness (QED) is 0.0636. The zero-order chi connectivity index (χ0) is 25.7. The number of carboxylic acids is 1. The number of aliphatic imine (C=N–C) groups is 1. The SMILES string of the molecule is CC(C)CC(NC(=O)C(NC(=O)C(N)CCCN=C(N)N)C(C)O)C(=O)NC(CO)C(=O)O. The first-order chi connectivity index (χ1) is 15.3. The first-order valence-electron chi connectivity index (χ1n) is 10.5. The Labute approximate surface area is 192 Å². The molecule has 0 rings (SSSR count). The van der Waals surface area contributed by atoms with Crippen LogP contribution in [0.15, 0.2) is 4.99 Å². The summed E-state index contributed by atoms with van der Waals surface area (Å²) in [7, 11) is 0. The highest BCUT2D eigenvalue weighted by Gasteiger charge is 2.32. The molecule has 0 spiro atoms. The van der Waals surface area contributed by atoms with Crippen molar-refractivity contribution in [3.63, 3.8) is 0 Å². The van der Waals surface area contributed by atoms with E-state index in [2.05, 4.69) is 20.9 Å². The maximum absolute atomic E-state index is 12.7. The molecule has 0 saturated carbocycles. The first kappa shape index (κ1) is 30.0. The van der Waals surface area contributed by atoms with Crippen LogP contribution in [0.2, 0.25) is 0 Å². The molecule has 0 radical (unpaired) electrons. The number of rotatable bonds is 15. The Hall–Kier alpha value is -2.97. The van der Waals surface area contributed by atoms with Crippen molar-refractivity contribution >= 4 is 29.7 Å². The standard InChI is InChI=1S/C19H37N7O7/c1-9(2)7-12(16(30)25-13(8-27)18(32)33)24-17(31)14(10(3)28)26-15(29)11(20)5-4-6-23-19(21)22/h9-14,27-28H,4-8,20H2,1-3H3,(H,24,31)(H,25,30)(H,26,29)(H,32,33)(H4,21,22,23). The Morgan fingerprint density at radius 1 is 0.939 bits per heavy atom. The van der Waals surface area contributed by atoms with Gasteiger partial charge in [0.2, 0.25) is 17.7 Å². The average Bonchev–Trinajstić information content (AvgIpc) is 2.70. The number of nitrogens with zero attached hydrogens (tertiary/aromatic N) is 1. The predicted molar refractivity (Wildman–Crippen MR) is 120 cm³/mol. The number of amides is 3. The van der Waals surface area contributed by atoms with Crippen LogP contribution in [0.25, 0.3) is 0 Å². The molecule has 33 heavy (non-hydrogen) atoms. The van der Waals surface area contributed by atoms with Crippen molar-refractivity contribution in [3.8, 4) is 0 Å². The summed E-state index contributed by atoms with van der Waals surface area (Å²) in [4.78, 5) is 52.5. The highest BCUT2D eigenvalue weighted by Crippen LogP contribution is 2.07. The summed E-state index contributed by atoms with van der Waals surface area (Å²) in [5, 5.41) is 35.0. The van der Waals surface area contributed by atoms with Crippen molar-refractivity contribution in [2.75, 3.05) is 13.2 Å². The van der Waals surface area contributed by atoms with Gasteiger partial charge in [0.05, 0.1) is 18.8 Å². The van der Waals surface area contributed by atoms with Crippen LogP contribution in [0.3, 0.4) is 0 Å². The molecule has 5 atom stereocenters. The van der Waals surface area contributed by atoms with Crippen LogP contribution < -0.4 is 33.2 Å². The minimum absolute atomic E-state index is 0.0725. The molecule has 14 nitrogen and oxygen atoms in total. The Kier molecular flexibility index (Phi) is 13.6. The molecule has 3 amide bonds. The van der Waals surface area contributed by atoms with Gasteiger partial charge in [0.1, 0.15) is 18.1 Å². The molecule has 0 aromatic carbocycles. The number of guanidine groups is 1. The molecule has 0 heterocycles. The molecule has 5 unspecified atom stereocenters. The highest BCUT2D eigenvalue weighted by molar-refractivity contribution is 5.94. The van der Waals surface area contributed by atoms with Gasteiger partial charge in [0.15, 0.2) is 5.96 Å². The summed E-state index contributed by atoms with van der Waals surface area (Å²) < 4.78 is 0. The average molecular weight is 476 g/mol. The molecular weight excluding hydrogens is 438 g/mol. The molecule has 0 aliphatic rings. The highest BCUT2D eigenvalue weighted by atomic mass is 16.4. The number of aliphatic carboxylic acids is 1. The first-order valence-corrected chi connectivity index (χ1v) is 10.5. The van der Waals surface area contributed by atoms with Gasteiger partial charge in [0.25, 0.3) is 0 Å². The molecule has 0 aliphatic heterocycles. The summed E-state index contributed by atoms with van der Waals surface area (Å²) in [6, 6.07) is -5.13. The number of hydrogen-bond donors (Lipinski definition) is 9. The zero-order valence-corrected chi connectivity index (χ0v) is 19.2. The summed E-state index contributed by atoms with van der Waals surface area (Å²) >= 11 is 0. The third-order valence-electron chi connectivity index (χ3n) is 4.50. The van der Waals surface area contributed by atoms with Gasteiger partial charge < -0.3 is 48.5 Å². The van der Waals surface area contributed by atoms with E-state index >= 15 is 0 Å². The summed E-state index contributed by atoms with van der Waals surface area (Å²) in [6.45, 7) is 4.26. The number of carboxylic acid groups (broad SMARTS) is 1. The number of carbonyl (C=O) groups excluding carboxylic acids is 3. The largest absolute Gasteiger partial charge is 0.480 e. The number of nitrogens with one attached hydrogen (secondary N) is 3. The molecule has 0 fully saturated rings. The third kappa shape index (κ3) is 12.0. The van der Waals surface area contributed by atoms with Crippen molar-refractivity contribution in [1.29, 1.82) is 0 Å². The van der Waals surface area contributed by atoms with Crippen LogP contribution in [-0.2, 0) is 19.2 Å². The van der Waals surface area contributed by atoms with E-state index in [0.717, 1.165) is 0 Å². The fourth-order valence-electron chi connectivity index (χ4n) is 2.74. The van der Waals surface area contributed by atoms with Crippen LogP contribution in [-0.4, -0.2) is 88.4 Å². The topological polar surface area (TPSA) is 255 Å². The Bertz CT molecular complexity index is 696. The molecule has 0 aromatic heterocycles. The van der Waals surface area contributed by atoms with E-state index in [1.807, 2.05) is 0 Å². The molecule has 0 aliphatic carbocycles. The van der Waals surface area contributed by atoms with E-state index in [0.29, 0.717) is 6.42 Å². The smallest absolute Gasteiger partial charge is 0.328 e. The van der Waals surface area contributed by atoms with E-state index in [1.54, 1.807) is 13.8 Å². The second-order valence-electron chi connectivity index (χ2n) is 8.05. The lowest BCUT2D eigenvalue weighted by molar-refractivity contribution is -0.143. The van der Waals surface area contributed by atoms with Crippen molar-refractivity contribution in [2.45, 2.75) is 70.3 Å². The van der Waals surface area contributed by atoms with Gasteiger partial charge in [-0.2, -0.15) is 0 Å². The number of hydrogen-bond acceptors (Lipinski definition) is 8. The maximum Gasteiger partial charge on any atom is 0.328 e. The Morgan fingerprint density at radius 2 is 1.52 bits per heavy atom. The van der Waals surface area contributed by atoms with Gasteiger partial charge in [0, 0.05) is 6.54 Å². The van der Waals surface area contributed by atoms with Gasteiger partial charge >= 0.3 is 5.97 Å². The van der Waals surface area contributed by atoms with Gasteiger partial charge in [-0.05, 0) is 32.1 Å². The lowest BCUT2D eigenvalue weighted by atomic mass is 10.0. The van der Waals surface area contributed by atoms with Crippen molar-refractivity contribution in [3.05, 3.63) is 0 Å². The second-order valence-corrected chi connectivity index (χ2v) is 8.05. The van der Waals surface area contributed by atoms with E-state index in [-0.39, 0.29) is 31.3 Å². The van der Waals surface area contributed by atoms with E-state index < -0.39 is 60.6 Å². The van der Waals surface area contributed by atoms with Crippen molar-refractivity contribution in [2.24, 2.45) is 28.1 Å². The van der Waals surface area contributed by atoms with Crippen LogP contribution in [0.4, 0.5) is 0 Å². The molecule has 12 N–H and O–H groups in total. The fraction of sp³-hybridized carbons (Fsp3) is 0.737. The molecule has 14 heteroatoms. The summed E-state index contributed by atoms with van der Waals surface area (Å²) in [6.07, 6.45) is -0.563. The van der Waals surface area contributed by atoms with Crippen LogP contribution in [0, 0.1) is 5.92 Å². The number of nitrogens with two attached hydrogens (primary N) is 3. The predicted octanol–water partition coefficient (Wildman–Crippen LogP) is -3.67. The van der Waals surface area contributed by atoms with Crippen LogP contribution >= 0.6 is 0 Å². The Morgan fingerprint density at radius 3 is 1.97 bits per heavy atom. The minimum atomic E-state index is -1.55. The van der Waals surface area contributed by atoms with Gasteiger partial charge in [-0.1, -0.05) is 13.8 Å². The van der Waals surface area contributed by atoms with Crippen LogP contribution in [0.5, 0.6) is 0 Å². The monoisotopic (exact) mass is 475 g/mol. The maximum atomic E-state index is 12.7. The number of aliphatic hydroxyl groups excluding tert-OH is 2. The fourth-order valence-corrected chi connectivity index (χ4v) is 2.74. The molecule has 0 bridgehead atoms. The molecule has 0 saturated heterocycles. The zero-order valence-electron chi connectivity index (χ0n) is 19.2. The lowest BCUT2D eigenvalue weighted by Crippen LogP contribution is -2.60. The van der Waals surface area contributed by atoms with Gasteiger partial charge in [-0.25, -0.2) is 4.79 Å².